The predicted octanol–water partition coefficient (Wildman–Crippen LogP) is 2.60. The van der Waals surface area contributed by atoms with E-state index in [-0.39, 0.29) is 7.43 Å². The van der Waals surface area contributed by atoms with E-state index in [9.17, 15) is 4.79 Å². The van der Waals surface area contributed by atoms with Crippen LogP contribution in [-0.2, 0) is 4.79 Å². The van der Waals surface area contributed by atoms with Crippen LogP contribution in [0, 0.1) is 6.92 Å². The zero-order valence-electron chi connectivity index (χ0n) is 7.12. The molecular formula is C11H16O2. The summed E-state index contributed by atoms with van der Waals surface area (Å²) in [5, 5.41) is 0. The van der Waals surface area contributed by atoms with Crippen molar-refractivity contribution in [3.63, 3.8) is 0 Å². The molecule has 0 N–H and O–H groups in total. The molecule has 0 radical (unpaired) electrons. The van der Waals surface area contributed by atoms with Crippen LogP contribution in [0.4, 0.5) is 0 Å². The number of aryl methyl sites for hydroxylation is 1. The van der Waals surface area contributed by atoms with Crippen LogP contribution in [0.2, 0.25) is 0 Å². The van der Waals surface area contributed by atoms with E-state index in [2.05, 4.69) is 0 Å². The minimum absolute atomic E-state index is 0. The molecule has 0 aliphatic carbocycles. The summed E-state index contributed by atoms with van der Waals surface area (Å²) in [6.07, 6.45) is 1.31. The van der Waals surface area contributed by atoms with Gasteiger partial charge in [0.2, 0.25) is 0 Å². The number of rotatable bonds is 4. The SMILES string of the molecule is C.Cc1ccc(OCCC=O)cc1. The summed E-state index contributed by atoms with van der Waals surface area (Å²) in [6.45, 7) is 2.49. The van der Waals surface area contributed by atoms with Gasteiger partial charge in [-0.1, -0.05) is 25.1 Å². The molecule has 1 rings (SSSR count). The fraction of sp³-hybridized carbons (Fsp3) is 0.364. The molecule has 0 fully saturated rings. The molecule has 0 saturated heterocycles. The van der Waals surface area contributed by atoms with Crippen molar-refractivity contribution in [2.75, 3.05) is 6.61 Å². The summed E-state index contributed by atoms with van der Waals surface area (Å²) in [5.74, 6) is 0.822. The lowest BCUT2D eigenvalue weighted by Crippen LogP contribution is -1.97. The second-order valence-corrected chi connectivity index (χ2v) is 2.62. The van der Waals surface area contributed by atoms with Crippen LogP contribution in [0.25, 0.3) is 0 Å². The normalized spacial score (nSPS) is 8.69. The second kappa shape index (κ2) is 6.23. The van der Waals surface area contributed by atoms with Crippen LogP contribution in [0.3, 0.4) is 0 Å². The molecule has 0 amide bonds. The monoisotopic (exact) mass is 180 g/mol. The van der Waals surface area contributed by atoms with Crippen molar-refractivity contribution in [3.8, 4) is 5.75 Å². The summed E-state index contributed by atoms with van der Waals surface area (Å²) in [4.78, 5) is 9.97. The minimum Gasteiger partial charge on any atom is -0.493 e. The van der Waals surface area contributed by atoms with E-state index in [1.165, 1.54) is 5.56 Å². The highest BCUT2D eigenvalue weighted by molar-refractivity contribution is 5.49. The second-order valence-electron chi connectivity index (χ2n) is 2.62. The third-order valence-corrected chi connectivity index (χ3v) is 1.53. The average Bonchev–Trinajstić information content (AvgIpc) is 2.09. The van der Waals surface area contributed by atoms with E-state index in [1.807, 2.05) is 31.2 Å². The quantitative estimate of drug-likeness (QED) is 0.526. The molecule has 72 valence electrons. The Morgan fingerprint density at radius 1 is 1.31 bits per heavy atom. The van der Waals surface area contributed by atoms with E-state index in [4.69, 9.17) is 4.74 Å². The van der Waals surface area contributed by atoms with Crippen molar-refractivity contribution < 1.29 is 9.53 Å². The van der Waals surface area contributed by atoms with E-state index < -0.39 is 0 Å². The van der Waals surface area contributed by atoms with Crippen molar-refractivity contribution in [2.24, 2.45) is 0 Å². The molecule has 13 heavy (non-hydrogen) atoms. The molecule has 1 aromatic carbocycles. The number of aldehydes is 1. The highest BCUT2D eigenvalue weighted by Gasteiger charge is 1.91. The largest absolute Gasteiger partial charge is 0.493 e. The molecule has 1 aromatic rings. The van der Waals surface area contributed by atoms with Gasteiger partial charge < -0.3 is 9.53 Å². The highest BCUT2D eigenvalue weighted by Crippen LogP contribution is 2.10. The van der Waals surface area contributed by atoms with Crippen LogP contribution in [0.5, 0.6) is 5.75 Å². The summed E-state index contributed by atoms with van der Waals surface area (Å²) < 4.78 is 5.27. The summed E-state index contributed by atoms with van der Waals surface area (Å²) in [5.41, 5.74) is 1.21. The first kappa shape index (κ1) is 11.7. The van der Waals surface area contributed by atoms with E-state index in [1.54, 1.807) is 0 Å². The van der Waals surface area contributed by atoms with Crippen molar-refractivity contribution in [2.45, 2.75) is 20.8 Å². The first-order valence-electron chi connectivity index (χ1n) is 3.96. The van der Waals surface area contributed by atoms with Gasteiger partial charge in [0.15, 0.2) is 0 Å². The number of benzene rings is 1. The Morgan fingerprint density at radius 3 is 2.46 bits per heavy atom. The fourth-order valence-electron chi connectivity index (χ4n) is 0.859. The number of ether oxygens (including phenoxy) is 1. The van der Waals surface area contributed by atoms with Crippen molar-refractivity contribution in [1.29, 1.82) is 0 Å². The van der Waals surface area contributed by atoms with Gasteiger partial charge in [0.25, 0.3) is 0 Å². The Kier molecular flexibility index (Phi) is 5.60. The van der Waals surface area contributed by atoms with Crippen LogP contribution < -0.4 is 4.74 Å². The van der Waals surface area contributed by atoms with E-state index in [0.29, 0.717) is 13.0 Å². The molecule has 0 atom stereocenters. The first-order chi connectivity index (χ1) is 5.83. The maximum absolute atomic E-state index is 9.97. The molecule has 0 bridgehead atoms. The average molecular weight is 180 g/mol. The van der Waals surface area contributed by atoms with Crippen molar-refractivity contribution >= 4 is 6.29 Å². The molecule has 0 aromatic heterocycles. The van der Waals surface area contributed by atoms with Crippen LogP contribution in [0.15, 0.2) is 24.3 Å². The van der Waals surface area contributed by atoms with Gasteiger partial charge in [0.05, 0.1) is 6.61 Å². The van der Waals surface area contributed by atoms with Gasteiger partial charge in [-0.25, -0.2) is 0 Å². The lowest BCUT2D eigenvalue weighted by Gasteiger charge is -2.02. The molecule has 0 unspecified atom stereocenters. The van der Waals surface area contributed by atoms with Gasteiger partial charge in [-0.05, 0) is 19.1 Å². The van der Waals surface area contributed by atoms with Gasteiger partial charge in [-0.15, -0.1) is 0 Å². The molecule has 0 aliphatic heterocycles. The third-order valence-electron chi connectivity index (χ3n) is 1.53. The molecule has 0 saturated carbocycles. The van der Waals surface area contributed by atoms with E-state index in [0.717, 1.165) is 12.0 Å². The molecule has 0 aliphatic rings. The Morgan fingerprint density at radius 2 is 1.92 bits per heavy atom. The zero-order valence-corrected chi connectivity index (χ0v) is 7.12. The van der Waals surface area contributed by atoms with Gasteiger partial charge in [0, 0.05) is 6.42 Å². The van der Waals surface area contributed by atoms with Crippen LogP contribution in [-0.4, -0.2) is 12.9 Å². The van der Waals surface area contributed by atoms with Crippen molar-refractivity contribution in [3.05, 3.63) is 29.8 Å². The van der Waals surface area contributed by atoms with E-state index >= 15 is 0 Å². The molecule has 0 heterocycles. The first-order valence-corrected chi connectivity index (χ1v) is 3.96. The Bertz CT molecular complexity index is 239. The van der Waals surface area contributed by atoms with Gasteiger partial charge in [-0.2, -0.15) is 0 Å². The standard InChI is InChI=1S/C10H12O2.CH4/c1-9-3-5-10(6-4-9)12-8-2-7-11;/h3-7H,2,8H2,1H3;1H4. The maximum Gasteiger partial charge on any atom is 0.123 e. The minimum atomic E-state index is 0. The Balaban J connectivity index is 0.00000144. The smallest absolute Gasteiger partial charge is 0.123 e. The zero-order chi connectivity index (χ0) is 8.81. The van der Waals surface area contributed by atoms with Gasteiger partial charge >= 0.3 is 0 Å². The highest BCUT2D eigenvalue weighted by atomic mass is 16.5. The number of hydrogen-bond acceptors (Lipinski definition) is 2. The Hall–Kier alpha value is -1.31. The number of carbonyl (C=O) groups is 1. The van der Waals surface area contributed by atoms with Crippen molar-refractivity contribution in [1.82, 2.24) is 0 Å². The maximum atomic E-state index is 9.97. The molecule has 2 nitrogen and oxygen atoms in total. The van der Waals surface area contributed by atoms with Gasteiger partial charge in [0.1, 0.15) is 12.0 Å². The number of hydrogen-bond donors (Lipinski definition) is 0. The van der Waals surface area contributed by atoms with Crippen LogP contribution in [0.1, 0.15) is 19.4 Å². The summed E-state index contributed by atoms with van der Waals surface area (Å²) in [6, 6.07) is 7.77. The lowest BCUT2D eigenvalue weighted by atomic mass is 10.2. The topological polar surface area (TPSA) is 26.3 Å². The third kappa shape index (κ3) is 4.31. The predicted molar refractivity (Wildman–Crippen MR) is 54.1 cm³/mol. The lowest BCUT2D eigenvalue weighted by molar-refractivity contribution is -0.108. The van der Waals surface area contributed by atoms with Crippen LogP contribution >= 0.6 is 0 Å². The summed E-state index contributed by atoms with van der Waals surface area (Å²) >= 11 is 0. The van der Waals surface area contributed by atoms with Gasteiger partial charge in [-0.3, -0.25) is 0 Å². The molecule has 2 heteroatoms. The Labute approximate surface area is 79.5 Å². The molecular weight excluding hydrogens is 164 g/mol. The fourth-order valence-corrected chi connectivity index (χ4v) is 0.859. The summed E-state index contributed by atoms with van der Waals surface area (Å²) in [7, 11) is 0. The number of carbonyl (C=O) groups excluding carboxylic acids is 1. The molecule has 0 spiro atoms.